The molecule has 1 heterocycles. The number of para-hydroxylation sites is 2. The van der Waals surface area contributed by atoms with Gasteiger partial charge in [0.1, 0.15) is 5.75 Å². The van der Waals surface area contributed by atoms with Crippen LogP contribution in [0.25, 0.3) is 0 Å². The van der Waals surface area contributed by atoms with Crippen molar-refractivity contribution in [2.24, 2.45) is 0 Å². The Morgan fingerprint density at radius 3 is 2.68 bits per heavy atom. The summed E-state index contributed by atoms with van der Waals surface area (Å²) < 4.78 is 5.94. The molecular formula is C18H20N2O2. The first-order valence-electron chi connectivity index (χ1n) is 7.49. The molecule has 4 nitrogen and oxygen atoms in total. The molecular weight excluding hydrogens is 276 g/mol. The zero-order valence-electron chi connectivity index (χ0n) is 12.8. The van der Waals surface area contributed by atoms with E-state index in [-0.39, 0.29) is 11.9 Å². The standard InChI is InChI=1S/C18H20N2O2/c1-12(2)20-15-8-3-4-9-16(15)22-17(18(20)21)11-13-6-5-7-14(19)10-13/h3-10,12,17H,11,19H2,1-2H3. The van der Waals surface area contributed by atoms with Crippen LogP contribution in [0.5, 0.6) is 5.75 Å². The monoisotopic (exact) mass is 296 g/mol. The molecule has 0 aliphatic carbocycles. The van der Waals surface area contributed by atoms with Crippen LogP contribution in [-0.4, -0.2) is 18.1 Å². The van der Waals surface area contributed by atoms with Gasteiger partial charge in [0.2, 0.25) is 0 Å². The third-order valence-corrected chi connectivity index (χ3v) is 3.80. The van der Waals surface area contributed by atoms with E-state index in [2.05, 4.69) is 0 Å². The summed E-state index contributed by atoms with van der Waals surface area (Å²) in [5, 5.41) is 0. The summed E-state index contributed by atoms with van der Waals surface area (Å²) in [7, 11) is 0. The van der Waals surface area contributed by atoms with E-state index in [1.54, 1.807) is 0 Å². The minimum Gasteiger partial charge on any atom is -0.478 e. The number of hydrogen-bond donors (Lipinski definition) is 1. The molecule has 3 rings (SSSR count). The molecule has 1 amide bonds. The number of fused-ring (bicyclic) bond motifs is 1. The predicted molar refractivity (Wildman–Crippen MR) is 88.0 cm³/mol. The van der Waals surface area contributed by atoms with Gasteiger partial charge in [-0.05, 0) is 43.7 Å². The fourth-order valence-corrected chi connectivity index (χ4v) is 2.83. The zero-order valence-corrected chi connectivity index (χ0v) is 12.8. The van der Waals surface area contributed by atoms with Crippen molar-refractivity contribution >= 4 is 17.3 Å². The number of carbonyl (C=O) groups excluding carboxylic acids is 1. The third-order valence-electron chi connectivity index (χ3n) is 3.80. The van der Waals surface area contributed by atoms with Crippen molar-refractivity contribution in [1.82, 2.24) is 0 Å². The quantitative estimate of drug-likeness (QED) is 0.886. The lowest BCUT2D eigenvalue weighted by Gasteiger charge is -2.36. The normalized spacial score (nSPS) is 17.3. The Balaban J connectivity index is 1.92. The Kier molecular flexibility index (Phi) is 3.75. The maximum absolute atomic E-state index is 12.8. The van der Waals surface area contributed by atoms with Crippen LogP contribution < -0.4 is 15.4 Å². The molecule has 1 aliphatic heterocycles. The Labute approximate surface area is 130 Å². The summed E-state index contributed by atoms with van der Waals surface area (Å²) >= 11 is 0. The van der Waals surface area contributed by atoms with Crippen molar-refractivity contribution in [2.75, 3.05) is 10.6 Å². The summed E-state index contributed by atoms with van der Waals surface area (Å²) in [5.41, 5.74) is 8.35. The van der Waals surface area contributed by atoms with Crippen LogP contribution in [0, 0.1) is 0 Å². The average Bonchev–Trinajstić information content (AvgIpc) is 2.47. The van der Waals surface area contributed by atoms with Crippen molar-refractivity contribution in [2.45, 2.75) is 32.4 Å². The third kappa shape index (κ3) is 2.64. The molecule has 0 spiro atoms. The van der Waals surface area contributed by atoms with E-state index < -0.39 is 6.10 Å². The van der Waals surface area contributed by atoms with Crippen molar-refractivity contribution in [3.8, 4) is 5.75 Å². The number of nitrogen functional groups attached to an aromatic ring is 1. The number of amides is 1. The van der Waals surface area contributed by atoms with Crippen molar-refractivity contribution in [3.63, 3.8) is 0 Å². The molecule has 114 valence electrons. The second-order valence-corrected chi connectivity index (χ2v) is 5.83. The van der Waals surface area contributed by atoms with E-state index in [1.165, 1.54) is 0 Å². The predicted octanol–water partition coefficient (Wildman–Crippen LogP) is 3.01. The summed E-state index contributed by atoms with van der Waals surface area (Å²) in [5.74, 6) is 0.751. The molecule has 0 aromatic heterocycles. The molecule has 4 heteroatoms. The molecule has 2 N–H and O–H groups in total. The summed E-state index contributed by atoms with van der Waals surface area (Å²) in [6.45, 7) is 4.02. The number of ether oxygens (including phenoxy) is 1. The van der Waals surface area contributed by atoms with Gasteiger partial charge in [-0.2, -0.15) is 0 Å². The number of nitrogens with zero attached hydrogens (tertiary/aromatic N) is 1. The fourth-order valence-electron chi connectivity index (χ4n) is 2.83. The molecule has 22 heavy (non-hydrogen) atoms. The Bertz CT molecular complexity index is 697. The Morgan fingerprint density at radius 2 is 1.95 bits per heavy atom. The summed E-state index contributed by atoms with van der Waals surface area (Å²) in [6, 6.07) is 15.3. The van der Waals surface area contributed by atoms with Gasteiger partial charge in [-0.25, -0.2) is 0 Å². The second-order valence-electron chi connectivity index (χ2n) is 5.83. The van der Waals surface area contributed by atoms with E-state index in [0.29, 0.717) is 12.1 Å². The number of benzene rings is 2. The lowest BCUT2D eigenvalue weighted by atomic mass is 10.0. The van der Waals surface area contributed by atoms with Crippen molar-refractivity contribution < 1.29 is 9.53 Å². The van der Waals surface area contributed by atoms with Gasteiger partial charge in [0.05, 0.1) is 5.69 Å². The van der Waals surface area contributed by atoms with Crippen LogP contribution in [0.1, 0.15) is 19.4 Å². The lowest BCUT2D eigenvalue weighted by molar-refractivity contribution is -0.126. The van der Waals surface area contributed by atoms with Gasteiger partial charge >= 0.3 is 0 Å². The molecule has 0 radical (unpaired) electrons. The topological polar surface area (TPSA) is 55.6 Å². The highest BCUT2D eigenvalue weighted by Gasteiger charge is 2.35. The second kappa shape index (κ2) is 5.72. The molecule has 1 aliphatic rings. The first-order valence-corrected chi connectivity index (χ1v) is 7.49. The van der Waals surface area contributed by atoms with Crippen LogP contribution in [-0.2, 0) is 11.2 Å². The number of rotatable bonds is 3. The highest BCUT2D eigenvalue weighted by atomic mass is 16.5. The van der Waals surface area contributed by atoms with Gasteiger partial charge in [-0.1, -0.05) is 24.3 Å². The maximum atomic E-state index is 12.8. The molecule has 2 aromatic rings. The van der Waals surface area contributed by atoms with E-state index in [4.69, 9.17) is 10.5 Å². The Hall–Kier alpha value is -2.49. The molecule has 2 aromatic carbocycles. The van der Waals surface area contributed by atoms with E-state index >= 15 is 0 Å². The number of anilines is 2. The van der Waals surface area contributed by atoms with E-state index in [1.807, 2.05) is 67.3 Å². The van der Waals surface area contributed by atoms with Crippen LogP contribution in [0.3, 0.4) is 0 Å². The smallest absolute Gasteiger partial charge is 0.268 e. The summed E-state index contributed by atoms with van der Waals surface area (Å²) in [6.07, 6.45) is 0.000583. The number of carbonyl (C=O) groups is 1. The molecule has 0 bridgehead atoms. The van der Waals surface area contributed by atoms with Gasteiger partial charge in [0.15, 0.2) is 6.10 Å². The largest absolute Gasteiger partial charge is 0.478 e. The average molecular weight is 296 g/mol. The fraction of sp³-hybridized carbons (Fsp3) is 0.278. The number of hydrogen-bond acceptors (Lipinski definition) is 3. The molecule has 0 fully saturated rings. The minimum atomic E-state index is -0.515. The van der Waals surface area contributed by atoms with Crippen molar-refractivity contribution in [1.29, 1.82) is 0 Å². The first kappa shape index (κ1) is 14.4. The lowest BCUT2D eigenvalue weighted by Crippen LogP contribution is -2.49. The van der Waals surface area contributed by atoms with Crippen LogP contribution >= 0.6 is 0 Å². The number of nitrogens with two attached hydrogens (primary N) is 1. The SMILES string of the molecule is CC(C)N1C(=O)C(Cc2cccc(N)c2)Oc2ccccc21. The first-order chi connectivity index (χ1) is 10.6. The molecule has 0 saturated carbocycles. The zero-order chi connectivity index (χ0) is 15.7. The molecule has 0 saturated heterocycles. The van der Waals surface area contributed by atoms with Gasteiger partial charge in [0.25, 0.3) is 5.91 Å². The summed E-state index contributed by atoms with van der Waals surface area (Å²) in [4.78, 5) is 14.6. The maximum Gasteiger partial charge on any atom is 0.268 e. The van der Waals surface area contributed by atoms with E-state index in [0.717, 1.165) is 17.0 Å². The molecule has 1 atom stereocenters. The van der Waals surface area contributed by atoms with Crippen LogP contribution in [0.4, 0.5) is 11.4 Å². The highest BCUT2D eigenvalue weighted by Crippen LogP contribution is 2.35. The van der Waals surface area contributed by atoms with Crippen LogP contribution in [0.2, 0.25) is 0 Å². The van der Waals surface area contributed by atoms with Crippen LogP contribution in [0.15, 0.2) is 48.5 Å². The van der Waals surface area contributed by atoms with Gasteiger partial charge < -0.3 is 15.4 Å². The minimum absolute atomic E-state index is 0.00359. The Morgan fingerprint density at radius 1 is 1.18 bits per heavy atom. The van der Waals surface area contributed by atoms with Gasteiger partial charge in [0, 0.05) is 18.2 Å². The van der Waals surface area contributed by atoms with Gasteiger partial charge in [-0.3, -0.25) is 4.79 Å². The highest BCUT2D eigenvalue weighted by molar-refractivity contribution is 6.00. The van der Waals surface area contributed by atoms with E-state index in [9.17, 15) is 4.79 Å². The van der Waals surface area contributed by atoms with Crippen molar-refractivity contribution in [3.05, 3.63) is 54.1 Å². The van der Waals surface area contributed by atoms with Gasteiger partial charge in [-0.15, -0.1) is 0 Å². The molecule has 1 unspecified atom stereocenters.